The van der Waals surface area contributed by atoms with Gasteiger partial charge in [-0.05, 0) is 51.3 Å². The number of H-pyrrole nitrogens is 1. The maximum absolute atomic E-state index is 12.7. The Labute approximate surface area is 182 Å². The van der Waals surface area contributed by atoms with Crippen molar-refractivity contribution in [1.82, 2.24) is 24.8 Å². The van der Waals surface area contributed by atoms with Crippen LogP contribution in [-0.4, -0.2) is 64.9 Å². The van der Waals surface area contributed by atoms with Gasteiger partial charge in [0.1, 0.15) is 5.69 Å². The molecule has 0 radical (unpaired) electrons. The Bertz CT molecular complexity index is 1150. The van der Waals surface area contributed by atoms with E-state index >= 15 is 0 Å². The largest absolute Gasteiger partial charge is 0.353 e. The highest BCUT2D eigenvalue weighted by molar-refractivity contribution is 5.94. The van der Waals surface area contributed by atoms with Crippen LogP contribution in [0.4, 0.5) is 0 Å². The number of nitrogens with zero attached hydrogens (tertiary/aromatic N) is 4. The standard InChI is InChI=1S/C25H27N5O/c1-29(2)13-6-14-30(3)25(31)19-11-9-18(10-12-19)23-16-26-17-24(28-23)22-15-20-7-4-5-8-21(20)27-22/h4-5,7-12,15-17,27H,6,13-14H2,1-3H3. The molecule has 0 unspecified atom stereocenters. The van der Waals surface area contributed by atoms with Crippen molar-refractivity contribution in [2.75, 3.05) is 34.2 Å². The van der Waals surface area contributed by atoms with Crippen LogP contribution in [0.3, 0.4) is 0 Å². The number of aromatic nitrogens is 3. The molecule has 6 nitrogen and oxygen atoms in total. The summed E-state index contributed by atoms with van der Waals surface area (Å²) in [5.74, 6) is 0.0308. The maximum atomic E-state index is 12.7. The summed E-state index contributed by atoms with van der Waals surface area (Å²) in [5, 5.41) is 1.14. The van der Waals surface area contributed by atoms with Gasteiger partial charge in [-0.2, -0.15) is 0 Å². The predicted molar refractivity (Wildman–Crippen MR) is 125 cm³/mol. The van der Waals surface area contributed by atoms with Gasteiger partial charge in [0.2, 0.25) is 0 Å². The monoisotopic (exact) mass is 413 g/mol. The molecule has 2 aromatic carbocycles. The van der Waals surface area contributed by atoms with Gasteiger partial charge in [-0.15, -0.1) is 0 Å². The van der Waals surface area contributed by atoms with Crippen LogP contribution in [-0.2, 0) is 0 Å². The van der Waals surface area contributed by atoms with Crippen LogP contribution in [0.1, 0.15) is 16.8 Å². The third-order valence-electron chi connectivity index (χ3n) is 5.31. The van der Waals surface area contributed by atoms with Gasteiger partial charge in [0.15, 0.2) is 0 Å². The number of hydrogen-bond donors (Lipinski definition) is 1. The summed E-state index contributed by atoms with van der Waals surface area (Å²) in [6.45, 7) is 1.69. The zero-order valence-corrected chi connectivity index (χ0v) is 18.2. The fourth-order valence-electron chi connectivity index (χ4n) is 3.58. The van der Waals surface area contributed by atoms with Crippen molar-refractivity contribution in [3.63, 3.8) is 0 Å². The number of carbonyl (C=O) groups excluding carboxylic acids is 1. The van der Waals surface area contributed by atoms with Crippen molar-refractivity contribution in [2.24, 2.45) is 0 Å². The zero-order chi connectivity index (χ0) is 21.8. The van der Waals surface area contributed by atoms with E-state index < -0.39 is 0 Å². The average molecular weight is 414 g/mol. The lowest BCUT2D eigenvalue weighted by atomic mass is 10.1. The summed E-state index contributed by atoms with van der Waals surface area (Å²) < 4.78 is 0. The summed E-state index contributed by atoms with van der Waals surface area (Å²) in [6, 6.07) is 17.8. The lowest BCUT2D eigenvalue weighted by molar-refractivity contribution is 0.0790. The molecular formula is C25H27N5O. The molecule has 0 aliphatic carbocycles. The van der Waals surface area contributed by atoms with Gasteiger partial charge in [0.25, 0.3) is 5.91 Å². The molecule has 1 N–H and O–H groups in total. The first-order valence-electron chi connectivity index (χ1n) is 10.4. The van der Waals surface area contributed by atoms with Crippen molar-refractivity contribution in [1.29, 1.82) is 0 Å². The number of hydrogen-bond acceptors (Lipinski definition) is 4. The SMILES string of the molecule is CN(C)CCCN(C)C(=O)c1ccc(-c2cncc(-c3cc4ccccc4[nH]3)n2)cc1. The maximum Gasteiger partial charge on any atom is 0.253 e. The first-order valence-corrected chi connectivity index (χ1v) is 10.4. The van der Waals surface area contributed by atoms with Crippen LogP contribution in [0.15, 0.2) is 67.0 Å². The fraction of sp³-hybridized carbons (Fsp3) is 0.240. The number of rotatable bonds is 7. The number of para-hydroxylation sites is 1. The normalized spacial score (nSPS) is 11.2. The molecule has 0 aliphatic rings. The molecular weight excluding hydrogens is 386 g/mol. The molecule has 4 rings (SSSR count). The minimum Gasteiger partial charge on any atom is -0.353 e. The number of carbonyl (C=O) groups is 1. The van der Waals surface area contributed by atoms with E-state index in [1.807, 2.05) is 63.6 Å². The van der Waals surface area contributed by atoms with E-state index in [0.717, 1.165) is 53.1 Å². The van der Waals surface area contributed by atoms with Crippen LogP contribution in [0.5, 0.6) is 0 Å². The lowest BCUT2D eigenvalue weighted by Gasteiger charge is -2.18. The molecule has 2 heterocycles. The van der Waals surface area contributed by atoms with Gasteiger partial charge in [-0.3, -0.25) is 9.78 Å². The van der Waals surface area contributed by atoms with Crippen molar-refractivity contribution < 1.29 is 4.79 Å². The lowest BCUT2D eigenvalue weighted by Crippen LogP contribution is -2.29. The quantitative estimate of drug-likeness (QED) is 0.490. The van der Waals surface area contributed by atoms with Crippen molar-refractivity contribution >= 4 is 16.8 Å². The second kappa shape index (κ2) is 9.10. The topological polar surface area (TPSA) is 65.1 Å². The van der Waals surface area contributed by atoms with Crippen LogP contribution in [0, 0.1) is 0 Å². The Kier molecular flexibility index (Phi) is 6.09. The van der Waals surface area contributed by atoms with Crippen LogP contribution < -0.4 is 0 Å². The van der Waals surface area contributed by atoms with E-state index in [-0.39, 0.29) is 5.91 Å². The molecule has 158 valence electrons. The number of nitrogens with one attached hydrogen (secondary N) is 1. The van der Waals surface area contributed by atoms with Gasteiger partial charge in [0, 0.05) is 35.6 Å². The van der Waals surface area contributed by atoms with Crippen molar-refractivity contribution in [3.05, 3.63) is 72.6 Å². The third kappa shape index (κ3) is 4.81. The molecule has 2 aromatic heterocycles. The number of fused-ring (bicyclic) bond motifs is 1. The molecule has 0 spiro atoms. The molecule has 0 saturated heterocycles. The number of amides is 1. The van der Waals surface area contributed by atoms with E-state index in [2.05, 4.69) is 27.0 Å². The van der Waals surface area contributed by atoms with Crippen LogP contribution >= 0.6 is 0 Å². The van der Waals surface area contributed by atoms with E-state index in [9.17, 15) is 4.79 Å². The van der Waals surface area contributed by atoms with Gasteiger partial charge < -0.3 is 14.8 Å². The van der Waals surface area contributed by atoms with Crippen molar-refractivity contribution in [2.45, 2.75) is 6.42 Å². The van der Waals surface area contributed by atoms with Gasteiger partial charge >= 0.3 is 0 Å². The molecule has 1 amide bonds. The Morgan fingerprint density at radius 3 is 2.42 bits per heavy atom. The van der Waals surface area contributed by atoms with Gasteiger partial charge in [-0.1, -0.05) is 30.3 Å². The molecule has 0 bridgehead atoms. The molecule has 6 heteroatoms. The Morgan fingerprint density at radius 2 is 1.68 bits per heavy atom. The average Bonchev–Trinajstić information content (AvgIpc) is 3.23. The summed E-state index contributed by atoms with van der Waals surface area (Å²) in [4.78, 5) is 29.1. The Morgan fingerprint density at radius 1 is 0.935 bits per heavy atom. The Hall–Kier alpha value is -3.51. The minimum absolute atomic E-state index is 0.0308. The molecule has 0 atom stereocenters. The molecule has 0 fully saturated rings. The molecule has 0 saturated carbocycles. The third-order valence-corrected chi connectivity index (χ3v) is 5.31. The molecule has 0 aliphatic heterocycles. The second-order valence-electron chi connectivity index (χ2n) is 8.02. The highest BCUT2D eigenvalue weighted by atomic mass is 16.2. The highest BCUT2D eigenvalue weighted by Crippen LogP contribution is 2.25. The van der Waals surface area contributed by atoms with Crippen LogP contribution in [0.2, 0.25) is 0 Å². The van der Waals surface area contributed by atoms with Crippen LogP contribution in [0.25, 0.3) is 33.5 Å². The van der Waals surface area contributed by atoms with Gasteiger partial charge in [-0.25, -0.2) is 4.98 Å². The molecule has 4 aromatic rings. The predicted octanol–water partition coefficient (Wildman–Crippen LogP) is 4.32. The van der Waals surface area contributed by atoms with Crippen molar-refractivity contribution in [3.8, 4) is 22.6 Å². The van der Waals surface area contributed by atoms with E-state index in [1.54, 1.807) is 17.3 Å². The summed E-state index contributed by atoms with van der Waals surface area (Å²) in [5.41, 5.74) is 5.17. The Balaban J connectivity index is 1.50. The minimum atomic E-state index is 0.0308. The van der Waals surface area contributed by atoms with E-state index in [1.165, 1.54) is 0 Å². The number of benzene rings is 2. The second-order valence-corrected chi connectivity index (χ2v) is 8.02. The number of aromatic amines is 1. The smallest absolute Gasteiger partial charge is 0.253 e. The van der Waals surface area contributed by atoms with Gasteiger partial charge in [0.05, 0.1) is 23.8 Å². The highest BCUT2D eigenvalue weighted by Gasteiger charge is 2.12. The summed E-state index contributed by atoms with van der Waals surface area (Å²) in [6.07, 6.45) is 4.45. The summed E-state index contributed by atoms with van der Waals surface area (Å²) >= 11 is 0. The van der Waals surface area contributed by atoms with E-state index in [0.29, 0.717) is 5.56 Å². The first kappa shape index (κ1) is 20.8. The van der Waals surface area contributed by atoms with E-state index in [4.69, 9.17) is 4.98 Å². The first-order chi connectivity index (χ1) is 15.0. The zero-order valence-electron chi connectivity index (χ0n) is 18.2. The summed E-state index contributed by atoms with van der Waals surface area (Å²) in [7, 11) is 5.92. The molecule has 31 heavy (non-hydrogen) atoms. The fourth-order valence-corrected chi connectivity index (χ4v) is 3.58.